The van der Waals surface area contributed by atoms with Gasteiger partial charge in [0.25, 0.3) is 0 Å². The van der Waals surface area contributed by atoms with E-state index in [0.717, 1.165) is 19.7 Å². The van der Waals surface area contributed by atoms with Crippen LogP contribution in [0, 0.1) is 11.6 Å². The van der Waals surface area contributed by atoms with Crippen LogP contribution in [-0.2, 0) is 4.74 Å². The molecular weight excluding hydrogens is 240 g/mol. The van der Waals surface area contributed by atoms with Crippen molar-refractivity contribution < 1.29 is 18.6 Å². The van der Waals surface area contributed by atoms with Gasteiger partial charge in [-0.05, 0) is 17.7 Å². The third kappa shape index (κ3) is 5.53. The molecule has 2 N–H and O–H groups in total. The maximum Gasteiger partial charge on any atom is 0.126 e. The van der Waals surface area contributed by atoms with Gasteiger partial charge in [0.2, 0.25) is 0 Å². The number of aliphatic hydroxyl groups excluding tert-OH is 1. The van der Waals surface area contributed by atoms with Crippen LogP contribution in [0.1, 0.15) is 25.5 Å². The number of halogens is 2. The molecule has 3 nitrogen and oxygen atoms in total. The van der Waals surface area contributed by atoms with Crippen LogP contribution in [0.3, 0.4) is 0 Å². The number of ether oxygens (including phenoxy) is 1. The number of hydrogen-bond donors (Lipinski definition) is 2. The molecule has 1 aliphatic rings. The first kappa shape index (κ1) is 17.0. The minimum Gasteiger partial charge on any atom is -0.400 e. The Labute approximate surface area is 107 Å². The average Bonchev–Trinajstić information content (AvgIpc) is 2.43. The normalized spacial score (nSPS) is 18.0. The second-order valence-corrected chi connectivity index (χ2v) is 3.27. The molecule has 1 aromatic carbocycles. The molecule has 1 saturated heterocycles. The lowest BCUT2D eigenvalue weighted by molar-refractivity contribution is 0.0273. The number of rotatable bonds is 1. The maximum absolute atomic E-state index is 12.9. The summed E-state index contributed by atoms with van der Waals surface area (Å²) in [6, 6.07) is 3.47. The molecule has 104 valence electrons. The van der Waals surface area contributed by atoms with Crippen molar-refractivity contribution in [2.75, 3.05) is 26.8 Å². The van der Waals surface area contributed by atoms with E-state index in [2.05, 4.69) is 5.32 Å². The molecule has 1 fully saturated rings. The molecule has 0 saturated carbocycles. The Hall–Kier alpha value is -1.04. The second kappa shape index (κ2) is 9.94. The highest BCUT2D eigenvalue weighted by Crippen LogP contribution is 2.20. The third-order valence-corrected chi connectivity index (χ3v) is 2.18. The van der Waals surface area contributed by atoms with E-state index in [1.54, 1.807) is 0 Å². The van der Waals surface area contributed by atoms with E-state index < -0.39 is 11.6 Å². The van der Waals surface area contributed by atoms with Crippen molar-refractivity contribution in [3.05, 3.63) is 35.4 Å². The van der Waals surface area contributed by atoms with Gasteiger partial charge in [-0.25, -0.2) is 8.78 Å². The van der Waals surface area contributed by atoms with Gasteiger partial charge in [0.05, 0.1) is 12.7 Å². The zero-order valence-corrected chi connectivity index (χ0v) is 11.0. The molecule has 1 atom stereocenters. The molecule has 0 radical (unpaired) electrons. The lowest BCUT2D eigenvalue weighted by Gasteiger charge is -2.23. The van der Waals surface area contributed by atoms with Gasteiger partial charge in [-0.3, -0.25) is 0 Å². The van der Waals surface area contributed by atoms with Gasteiger partial charge in [-0.1, -0.05) is 13.8 Å². The molecule has 0 aliphatic carbocycles. The van der Waals surface area contributed by atoms with Gasteiger partial charge >= 0.3 is 0 Å². The molecule has 0 bridgehead atoms. The number of hydrogen-bond acceptors (Lipinski definition) is 3. The average molecular weight is 261 g/mol. The van der Waals surface area contributed by atoms with Crippen molar-refractivity contribution in [3.63, 3.8) is 0 Å². The summed E-state index contributed by atoms with van der Waals surface area (Å²) >= 11 is 0. The fourth-order valence-electron chi connectivity index (χ4n) is 1.54. The Balaban J connectivity index is 0.000000659. The van der Waals surface area contributed by atoms with Gasteiger partial charge < -0.3 is 15.2 Å². The first-order valence-electron chi connectivity index (χ1n) is 5.99. The zero-order valence-electron chi connectivity index (χ0n) is 11.0. The number of benzene rings is 1. The van der Waals surface area contributed by atoms with Gasteiger partial charge in [-0.15, -0.1) is 0 Å². The SMILES string of the molecule is CC.CO.Fc1cc(F)cc(C2CNCCO2)c1. The number of aliphatic hydroxyl groups is 1. The van der Waals surface area contributed by atoms with Crippen molar-refractivity contribution in [1.82, 2.24) is 5.32 Å². The summed E-state index contributed by atoms with van der Waals surface area (Å²) in [7, 11) is 1.00. The zero-order chi connectivity index (χ0) is 14.0. The lowest BCUT2D eigenvalue weighted by atomic mass is 10.1. The van der Waals surface area contributed by atoms with E-state index in [4.69, 9.17) is 9.84 Å². The Morgan fingerprint density at radius 2 is 1.72 bits per heavy atom. The van der Waals surface area contributed by atoms with Crippen LogP contribution in [0.5, 0.6) is 0 Å². The summed E-state index contributed by atoms with van der Waals surface area (Å²) in [5.74, 6) is -1.12. The minimum absolute atomic E-state index is 0.242. The summed E-state index contributed by atoms with van der Waals surface area (Å²) in [5, 5.41) is 10.1. The Morgan fingerprint density at radius 3 is 2.17 bits per heavy atom. The number of nitrogens with one attached hydrogen (secondary N) is 1. The van der Waals surface area contributed by atoms with Crippen molar-refractivity contribution >= 4 is 0 Å². The molecule has 0 amide bonds. The van der Waals surface area contributed by atoms with Gasteiger partial charge in [0.1, 0.15) is 11.6 Å². The number of morpholine rings is 1. The second-order valence-electron chi connectivity index (χ2n) is 3.27. The van der Waals surface area contributed by atoms with E-state index in [-0.39, 0.29) is 6.10 Å². The van der Waals surface area contributed by atoms with E-state index >= 15 is 0 Å². The smallest absolute Gasteiger partial charge is 0.126 e. The van der Waals surface area contributed by atoms with E-state index in [1.165, 1.54) is 12.1 Å². The van der Waals surface area contributed by atoms with Crippen molar-refractivity contribution in [1.29, 1.82) is 0 Å². The predicted octanol–water partition coefficient (Wildman–Crippen LogP) is 2.26. The molecule has 18 heavy (non-hydrogen) atoms. The van der Waals surface area contributed by atoms with Crippen LogP contribution >= 0.6 is 0 Å². The van der Waals surface area contributed by atoms with Crippen LogP contribution in [0.2, 0.25) is 0 Å². The van der Waals surface area contributed by atoms with Crippen molar-refractivity contribution in [3.8, 4) is 0 Å². The molecule has 5 heteroatoms. The summed E-state index contributed by atoms with van der Waals surface area (Å²) in [5.41, 5.74) is 0.551. The molecule has 1 unspecified atom stereocenters. The van der Waals surface area contributed by atoms with Gasteiger partial charge in [0, 0.05) is 26.3 Å². The van der Waals surface area contributed by atoms with Gasteiger partial charge in [-0.2, -0.15) is 0 Å². The van der Waals surface area contributed by atoms with Crippen LogP contribution in [-0.4, -0.2) is 31.9 Å². The first-order valence-corrected chi connectivity index (χ1v) is 5.99. The Bertz CT molecular complexity index is 309. The highest BCUT2D eigenvalue weighted by atomic mass is 19.1. The maximum atomic E-state index is 12.9. The van der Waals surface area contributed by atoms with Crippen LogP contribution in [0.25, 0.3) is 0 Å². The minimum atomic E-state index is -0.561. The van der Waals surface area contributed by atoms with Crippen LogP contribution in [0.4, 0.5) is 8.78 Å². The quantitative estimate of drug-likeness (QED) is 0.814. The molecule has 2 rings (SSSR count). The fourth-order valence-corrected chi connectivity index (χ4v) is 1.54. The molecule has 1 aromatic rings. The van der Waals surface area contributed by atoms with E-state index in [9.17, 15) is 8.78 Å². The summed E-state index contributed by atoms with van der Waals surface area (Å²) < 4.78 is 31.1. The van der Waals surface area contributed by atoms with Crippen molar-refractivity contribution in [2.45, 2.75) is 20.0 Å². The standard InChI is InChI=1S/C10H11F2NO.C2H6.CH4O/c11-8-3-7(4-9(12)5-8)10-6-13-1-2-14-10;2*1-2/h3-5,10,13H,1-2,6H2;1-2H3;2H,1H3. The van der Waals surface area contributed by atoms with E-state index in [1.807, 2.05) is 13.8 Å². The van der Waals surface area contributed by atoms with Crippen LogP contribution in [0.15, 0.2) is 18.2 Å². The molecule has 1 aliphatic heterocycles. The highest BCUT2D eigenvalue weighted by molar-refractivity contribution is 5.21. The Morgan fingerprint density at radius 1 is 1.17 bits per heavy atom. The summed E-state index contributed by atoms with van der Waals surface area (Å²) in [6.45, 7) is 5.96. The Kier molecular flexibility index (Phi) is 9.36. The predicted molar refractivity (Wildman–Crippen MR) is 67.4 cm³/mol. The topological polar surface area (TPSA) is 41.5 Å². The van der Waals surface area contributed by atoms with Crippen molar-refractivity contribution in [2.24, 2.45) is 0 Å². The monoisotopic (exact) mass is 261 g/mol. The molecule has 0 spiro atoms. The fraction of sp³-hybridized carbons (Fsp3) is 0.538. The molecular formula is C13H21F2NO2. The van der Waals surface area contributed by atoms with Gasteiger partial charge in [0.15, 0.2) is 0 Å². The first-order chi connectivity index (χ1) is 8.75. The summed E-state index contributed by atoms with van der Waals surface area (Å²) in [4.78, 5) is 0. The summed E-state index contributed by atoms with van der Waals surface area (Å²) in [6.07, 6.45) is -0.242. The van der Waals surface area contributed by atoms with E-state index in [0.29, 0.717) is 18.7 Å². The highest BCUT2D eigenvalue weighted by Gasteiger charge is 2.16. The van der Waals surface area contributed by atoms with Crippen LogP contribution < -0.4 is 5.32 Å². The third-order valence-electron chi connectivity index (χ3n) is 2.18. The lowest BCUT2D eigenvalue weighted by Crippen LogP contribution is -2.33. The molecule has 1 heterocycles. The largest absolute Gasteiger partial charge is 0.400 e. The molecule has 0 aromatic heterocycles.